The van der Waals surface area contributed by atoms with Crippen molar-refractivity contribution in [3.63, 3.8) is 0 Å². The maximum Gasteiger partial charge on any atom is 0.231 e. The van der Waals surface area contributed by atoms with Crippen LogP contribution in [0, 0.1) is 0 Å². The third-order valence-corrected chi connectivity index (χ3v) is 4.19. The number of hydrogen-bond acceptors (Lipinski definition) is 5. The lowest BCUT2D eigenvalue weighted by molar-refractivity contribution is -0.116. The SMILES string of the molecule is COc1cc([C@@H]2CC(=O)Nc3cc4c(cc32)OCO4)ccc1O. The van der Waals surface area contributed by atoms with E-state index in [0.29, 0.717) is 23.7 Å². The number of anilines is 1. The van der Waals surface area contributed by atoms with Gasteiger partial charge in [-0.3, -0.25) is 4.79 Å². The summed E-state index contributed by atoms with van der Waals surface area (Å²) in [6.45, 7) is 0.184. The normalized spacial score (nSPS) is 18.3. The van der Waals surface area contributed by atoms with Crippen LogP contribution >= 0.6 is 0 Å². The second-order valence-corrected chi connectivity index (χ2v) is 5.53. The third-order valence-electron chi connectivity index (χ3n) is 4.19. The first-order valence-corrected chi connectivity index (χ1v) is 7.26. The molecule has 0 aromatic heterocycles. The molecule has 0 bridgehead atoms. The van der Waals surface area contributed by atoms with E-state index in [1.807, 2.05) is 6.07 Å². The van der Waals surface area contributed by atoms with E-state index in [4.69, 9.17) is 14.2 Å². The van der Waals surface area contributed by atoms with Crippen LogP contribution in [0.2, 0.25) is 0 Å². The summed E-state index contributed by atoms with van der Waals surface area (Å²) in [6, 6.07) is 8.83. The van der Waals surface area contributed by atoms with Crippen molar-refractivity contribution >= 4 is 11.6 Å². The average Bonchev–Trinajstić information content (AvgIpc) is 3.00. The number of carbonyl (C=O) groups excluding carboxylic acids is 1. The van der Waals surface area contributed by atoms with Crippen LogP contribution in [0.1, 0.15) is 23.5 Å². The summed E-state index contributed by atoms with van der Waals surface area (Å²) in [5.41, 5.74) is 2.58. The molecule has 2 heterocycles. The Hall–Kier alpha value is -2.89. The molecule has 0 spiro atoms. The van der Waals surface area contributed by atoms with Gasteiger partial charge in [0.1, 0.15) is 0 Å². The number of carbonyl (C=O) groups is 1. The summed E-state index contributed by atoms with van der Waals surface area (Å²) >= 11 is 0. The standard InChI is InChI=1S/C17H15NO5/c1-21-14-4-9(2-3-13(14)19)10-6-17(20)18-12-7-16-15(5-11(10)12)22-8-23-16/h2-5,7,10,19H,6,8H2,1H3,(H,18,20)/t10-/m0/s1. The maximum absolute atomic E-state index is 12.1. The number of phenols is 1. The molecule has 0 unspecified atom stereocenters. The van der Waals surface area contributed by atoms with Gasteiger partial charge in [-0.05, 0) is 29.3 Å². The highest BCUT2D eigenvalue weighted by atomic mass is 16.7. The van der Waals surface area contributed by atoms with Gasteiger partial charge in [0.25, 0.3) is 0 Å². The molecular formula is C17H15NO5. The van der Waals surface area contributed by atoms with E-state index < -0.39 is 0 Å². The first-order chi connectivity index (χ1) is 11.2. The molecule has 6 nitrogen and oxygen atoms in total. The van der Waals surface area contributed by atoms with Crippen LogP contribution in [-0.4, -0.2) is 24.9 Å². The molecule has 0 saturated heterocycles. The Balaban J connectivity index is 1.83. The van der Waals surface area contributed by atoms with Gasteiger partial charge in [-0.2, -0.15) is 0 Å². The van der Waals surface area contributed by atoms with E-state index in [1.165, 1.54) is 7.11 Å². The van der Waals surface area contributed by atoms with Gasteiger partial charge in [0.2, 0.25) is 12.7 Å². The molecule has 4 rings (SSSR count). The summed E-state index contributed by atoms with van der Waals surface area (Å²) < 4.78 is 16.0. The van der Waals surface area contributed by atoms with Gasteiger partial charge < -0.3 is 24.6 Å². The number of ether oxygens (including phenoxy) is 3. The third kappa shape index (κ3) is 2.23. The molecule has 2 N–H and O–H groups in total. The Kier molecular flexibility index (Phi) is 3.04. The Labute approximate surface area is 132 Å². The summed E-state index contributed by atoms with van der Waals surface area (Å²) in [5.74, 6) is 1.57. The van der Waals surface area contributed by atoms with Crippen LogP contribution < -0.4 is 19.5 Å². The predicted octanol–water partition coefficient (Wildman–Crippen LogP) is 2.60. The number of amides is 1. The summed E-state index contributed by atoms with van der Waals surface area (Å²) in [4.78, 5) is 12.1. The maximum atomic E-state index is 12.1. The van der Waals surface area contributed by atoms with Gasteiger partial charge in [-0.25, -0.2) is 0 Å². The van der Waals surface area contributed by atoms with Gasteiger partial charge in [-0.15, -0.1) is 0 Å². The van der Waals surface area contributed by atoms with Crippen molar-refractivity contribution in [1.82, 2.24) is 0 Å². The average molecular weight is 313 g/mol. The lowest BCUT2D eigenvalue weighted by Crippen LogP contribution is -2.23. The van der Waals surface area contributed by atoms with Crippen molar-refractivity contribution in [2.75, 3.05) is 19.2 Å². The Morgan fingerprint density at radius 2 is 2.00 bits per heavy atom. The monoisotopic (exact) mass is 313 g/mol. The van der Waals surface area contributed by atoms with E-state index in [9.17, 15) is 9.90 Å². The molecule has 2 aromatic rings. The highest BCUT2D eigenvalue weighted by Crippen LogP contribution is 2.45. The number of fused-ring (bicyclic) bond motifs is 2. The zero-order valence-corrected chi connectivity index (χ0v) is 12.5. The number of rotatable bonds is 2. The first kappa shape index (κ1) is 13.8. The van der Waals surface area contributed by atoms with Crippen molar-refractivity contribution in [1.29, 1.82) is 0 Å². The number of methoxy groups -OCH3 is 1. The summed E-state index contributed by atoms with van der Waals surface area (Å²) in [6.07, 6.45) is 0.320. The van der Waals surface area contributed by atoms with Crippen LogP contribution in [0.25, 0.3) is 0 Å². The van der Waals surface area contributed by atoms with E-state index in [1.54, 1.807) is 24.3 Å². The molecule has 118 valence electrons. The van der Waals surface area contributed by atoms with Crippen LogP contribution in [0.5, 0.6) is 23.0 Å². The van der Waals surface area contributed by atoms with E-state index in [2.05, 4.69) is 5.32 Å². The molecule has 23 heavy (non-hydrogen) atoms. The van der Waals surface area contributed by atoms with Crippen molar-refractivity contribution in [2.45, 2.75) is 12.3 Å². The highest BCUT2D eigenvalue weighted by molar-refractivity contribution is 5.96. The minimum atomic E-state index is -0.136. The fourth-order valence-corrected chi connectivity index (χ4v) is 3.06. The Morgan fingerprint density at radius 3 is 2.78 bits per heavy atom. The smallest absolute Gasteiger partial charge is 0.231 e. The number of benzene rings is 2. The summed E-state index contributed by atoms with van der Waals surface area (Å²) in [7, 11) is 1.50. The van der Waals surface area contributed by atoms with Crippen LogP contribution in [0.4, 0.5) is 5.69 Å². The number of aromatic hydroxyl groups is 1. The Bertz CT molecular complexity index is 802. The zero-order valence-electron chi connectivity index (χ0n) is 12.5. The first-order valence-electron chi connectivity index (χ1n) is 7.26. The minimum Gasteiger partial charge on any atom is -0.504 e. The van der Waals surface area contributed by atoms with Gasteiger partial charge in [0.05, 0.1) is 7.11 Å². The number of phenolic OH excluding ortho intramolecular Hbond substituents is 1. The lowest BCUT2D eigenvalue weighted by Gasteiger charge is -2.26. The fourth-order valence-electron chi connectivity index (χ4n) is 3.06. The van der Waals surface area contributed by atoms with Gasteiger partial charge in [0, 0.05) is 24.1 Å². The van der Waals surface area contributed by atoms with Crippen molar-refractivity contribution < 1.29 is 24.1 Å². The van der Waals surface area contributed by atoms with Crippen molar-refractivity contribution in [2.24, 2.45) is 0 Å². The summed E-state index contributed by atoms with van der Waals surface area (Å²) in [5, 5.41) is 12.6. The molecule has 0 fully saturated rings. The molecule has 0 aliphatic carbocycles. The van der Waals surface area contributed by atoms with Crippen LogP contribution in [0.15, 0.2) is 30.3 Å². The molecule has 0 saturated carbocycles. The van der Waals surface area contributed by atoms with Crippen LogP contribution in [0.3, 0.4) is 0 Å². The molecule has 1 atom stereocenters. The second-order valence-electron chi connectivity index (χ2n) is 5.53. The lowest BCUT2D eigenvalue weighted by atomic mass is 9.84. The molecule has 2 aliphatic rings. The van der Waals surface area contributed by atoms with E-state index >= 15 is 0 Å². The fraction of sp³-hybridized carbons (Fsp3) is 0.235. The number of nitrogens with one attached hydrogen (secondary N) is 1. The Morgan fingerprint density at radius 1 is 1.22 bits per heavy atom. The highest BCUT2D eigenvalue weighted by Gasteiger charge is 2.30. The molecule has 6 heteroatoms. The largest absolute Gasteiger partial charge is 0.504 e. The van der Waals surface area contributed by atoms with E-state index in [-0.39, 0.29) is 24.4 Å². The van der Waals surface area contributed by atoms with Crippen LogP contribution in [-0.2, 0) is 4.79 Å². The molecule has 2 aliphatic heterocycles. The van der Waals surface area contributed by atoms with Gasteiger partial charge in [0.15, 0.2) is 23.0 Å². The van der Waals surface area contributed by atoms with E-state index in [0.717, 1.165) is 16.8 Å². The molecule has 0 radical (unpaired) electrons. The zero-order chi connectivity index (χ0) is 16.0. The topological polar surface area (TPSA) is 77.0 Å². The van der Waals surface area contributed by atoms with Crippen molar-refractivity contribution in [3.05, 3.63) is 41.5 Å². The molecular weight excluding hydrogens is 298 g/mol. The predicted molar refractivity (Wildman–Crippen MR) is 82.3 cm³/mol. The van der Waals surface area contributed by atoms with Crippen molar-refractivity contribution in [3.8, 4) is 23.0 Å². The minimum absolute atomic E-state index is 0.0617. The quantitative estimate of drug-likeness (QED) is 0.891. The van der Waals surface area contributed by atoms with Gasteiger partial charge >= 0.3 is 0 Å². The number of hydrogen-bond donors (Lipinski definition) is 2. The second kappa shape index (κ2) is 5.08. The molecule has 2 aromatic carbocycles. The molecule has 1 amide bonds. The van der Waals surface area contributed by atoms with Gasteiger partial charge in [-0.1, -0.05) is 6.07 Å².